The van der Waals surface area contributed by atoms with Crippen molar-refractivity contribution in [1.29, 1.82) is 0 Å². The minimum Gasteiger partial charge on any atom is -0.508 e. The molecular weight excluding hydrogens is 458 g/mol. The van der Waals surface area contributed by atoms with Crippen LogP contribution in [0.1, 0.15) is 97.6 Å². The normalized spacial score (nSPS) is 18.6. The fraction of sp³-hybridized carbons (Fsp3) is 0.679. The Hall–Kier alpha value is -2.77. The second-order valence-electron chi connectivity index (χ2n) is 11.5. The SMILES string of the molecule is CC(C)C(NC(=O)OC(C)(C)C)C(=O)N(C1CCC1)C(C(=O)NC1CCCCC1)c1cccc(O)c1. The first kappa shape index (κ1) is 27.8. The summed E-state index contributed by atoms with van der Waals surface area (Å²) in [4.78, 5) is 42.2. The molecule has 3 N–H and O–H groups in total. The predicted octanol–water partition coefficient (Wildman–Crippen LogP) is 4.81. The van der Waals surface area contributed by atoms with Crippen molar-refractivity contribution in [3.8, 4) is 5.75 Å². The standard InChI is InChI=1S/C28H43N3O5/c1-18(2)23(30-27(35)36-28(3,4)5)26(34)31(21-14-10-15-21)24(19-11-9-16-22(32)17-19)25(33)29-20-12-7-6-8-13-20/h9,11,16-18,20-21,23-24,32H,6-8,10,12-15H2,1-5H3,(H,29,33)(H,30,35). The van der Waals surface area contributed by atoms with Gasteiger partial charge in [0.15, 0.2) is 0 Å². The number of phenolic OH excluding ortho intramolecular Hbond substituents is 1. The highest BCUT2D eigenvalue weighted by Crippen LogP contribution is 2.35. The minimum atomic E-state index is -0.904. The number of aromatic hydroxyl groups is 1. The predicted molar refractivity (Wildman–Crippen MR) is 138 cm³/mol. The van der Waals surface area contributed by atoms with Crippen LogP contribution < -0.4 is 10.6 Å². The maximum Gasteiger partial charge on any atom is 0.408 e. The molecule has 0 heterocycles. The molecule has 1 aromatic carbocycles. The molecule has 0 spiro atoms. The highest BCUT2D eigenvalue weighted by atomic mass is 16.6. The van der Waals surface area contributed by atoms with Crippen molar-refractivity contribution in [2.75, 3.05) is 0 Å². The Kier molecular flexibility index (Phi) is 9.25. The van der Waals surface area contributed by atoms with E-state index in [9.17, 15) is 19.5 Å². The summed E-state index contributed by atoms with van der Waals surface area (Å²) in [7, 11) is 0. The molecule has 3 amide bonds. The van der Waals surface area contributed by atoms with E-state index in [1.165, 1.54) is 6.42 Å². The molecule has 36 heavy (non-hydrogen) atoms. The fourth-order valence-electron chi connectivity index (χ4n) is 4.95. The van der Waals surface area contributed by atoms with Crippen molar-refractivity contribution in [1.82, 2.24) is 15.5 Å². The third-order valence-corrected chi connectivity index (χ3v) is 6.99. The van der Waals surface area contributed by atoms with Crippen molar-refractivity contribution in [2.45, 2.75) is 116 Å². The molecule has 0 radical (unpaired) electrons. The topological polar surface area (TPSA) is 108 Å². The van der Waals surface area contributed by atoms with Gasteiger partial charge in [-0.2, -0.15) is 0 Å². The van der Waals surface area contributed by atoms with Gasteiger partial charge in [0.25, 0.3) is 0 Å². The zero-order chi connectivity index (χ0) is 26.5. The molecule has 0 aliphatic heterocycles. The molecule has 3 rings (SSSR count). The van der Waals surface area contributed by atoms with Crippen LogP contribution in [0.2, 0.25) is 0 Å². The third-order valence-electron chi connectivity index (χ3n) is 6.99. The van der Waals surface area contributed by atoms with Crippen LogP contribution in [0.5, 0.6) is 5.75 Å². The number of hydrogen-bond acceptors (Lipinski definition) is 5. The van der Waals surface area contributed by atoms with E-state index < -0.39 is 23.8 Å². The Morgan fingerprint density at radius 1 is 1.03 bits per heavy atom. The number of hydrogen-bond donors (Lipinski definition) is 3. The van der Waals surface area contributed by atoms with Gasteiger partial charge in [-0.3, -0.25) is 9.59 Å². The monoisotopic (exact) mass is 501 g/mol. The van der Waals surface area contributed by atoms with Gasteiger partial charge in [-0.15, -0.1) is 0 Å². The van der Waals surface area contributed by atoms with E-state index in [-0.39, 0.29) is 35.6 Å². The summed E-state index contributed by atoms with van der Waals surface area (Å²) in [6.45, 7) is 9.04. The molecule has 2 saturated carbocycles. The second-order valence-corrected chi connectivity index (χ2v) is 11.5. The van der Waals surface area contributed by atoms with Crippen molar-refractivity contribution < 1.29 is 24.2 Å². The van der Waals surface area contributed by atoms with Gasteiger partial charge in [-0.1, -0.05) is 45.2 Å². The molecule has 0 bridgehead atoms. The molecule has 1 aromatic rings. The van der Waals surface area contributed by atoms with Crippen LogP contribution in [0.15, 0.2) is 24.3 Å². The summed E-state index contributed by atoms with van der Waals surface area (Å²) in [5.41, 5.74) is -0.143. The summed E-state index contributed by atoms with van der Waals surface area (Å²) in [6, 6.07) is 4.75. The third kappa shape index (κ3) is 7.37. The number of amides is 3. The average Bonchev–Trinajstić information content (AvgIpc) is 2.74. The van der Waals surface area contributed by atoms with E-state index in [4.69, 9.17) is 4.74 Å². The van der Waals surface area contributed by atoms with Crippen LogP contribution in [0.25, 0.3) is 0 Å². The maximum absolute atomic E-state index is 14.1. The van der Waals surface area contributed by atoms with Crippen molar-refractivity contribution >= 4 is 17.9 Å². The highest BCUT2D eigenvalue weighted by molar-refractivity contribution is 5.92. The number of nitrogens with zero attached hydrogens (tertiary/aromatic N) is 1. The van der Waals surface area contributed by atoms with E-state index in [0.717, 1.165) is 44.9 Å². The molecular formula is C28H43N3O5. The quantitative estimate of drug-likeness (QED) is 0.474. The number of alkyl carbamates (subject to hydrolysis) is 1. The lowest BCUT2D eigenvalue weighted by molar-refractivity contribution is -0.148. The number of benzene rings is 1. The zero-order valence-electron chi connectivity index (χ0n) is 22.4. The Morgan fingerprint density at radius 3 is 2.22 bits per heavy atom. The first-order chi connectivity index (χ1) is 17.0. The minimum absolute atomic E-state index is 0.0382. The fourth-order valence-corrected chi connectivity index (χ4v) is 4.95. The summed E-state index contributed by atoms with van der Waals surface area (Å²) < 4.78 is 5.42. The van der Waals surface area contributed by atoms with Gasteiger partial charge in [0, 0.05) is 12.1 Å². The highest BCUT2D eigenvalue weighted by Gasteiger charge is 2.43. The number of carbonyl (C=O) groups is 3. The molecule has 2 aliphatic rings. The van der Waals surface area contributed by atoms with E-state index >= 15 is 0 Å². The van der Waals surface area contributed by atoms with Gasteiger partial charge >= 0.3 is 6.09 Å². The van der Waals surface area contributed by atoms with Gasteiger partial charge in [-0.05, 0) is 76.5 Å². The van der Waals surface area contributed by atoms with Crippen molar-refractivity contribution in [3.05, 3.63) is 29.8 Å². The van der Waals surface area contributed by atoms with Gasteiger partial charge in [0.1, 0.15) is 23.4 Å². The molecule has 8 heteroatoms. The lowest BCUT2D eigenvalue weighted by atomic mass is 9.87. The number of rotatable bonds is 8. The van der Waals surface area contributed by atoms with Crippen LogP contribution in [0.3, 0.4) is 0 Å². The first-order valence-corrected chi connectivity index (χ1v) is 13.4. The smallest absolute Gasteiger partial charge is 0.408 e. The van der Waals surface area contributed by atoms with Crippen LogP contribution in [0.4, 0.5) is 4.79 Å². The number of phenols is 1. The average molecular weight is 502 g/mol. The lowest BCUT2D eigenvalue weighted by Crippen LogP contribution is -2.59. The van der Waals surface area contributed by atoms with Gasteiger partial charge < -0.3 is 25.4 Å². The second kappa shape index (κ2) is 12.0. The molecule has 0 saturated heterocycles. The molecule has 2 atom stereocenters. The lowest BCUT2D eigenvalue weighted by Gasteiger charge is -2.44. The molecule has 200 valence electrons. The Bertz CT molecular complexity index is 916. The Morgan fingerprint density at radius 2 is 1.69 bits per heavy atom. The van der Waals surface area contributed by atoms with E-state index in [2.05, 4.69) is 10.6 Å². The number of nitrogens with one attached hydrogen (secondary N) is 2. The van der Waals surface area contributed by atoms with Crippen molar-refractivity contribution in [3.63, 3.8) is 0 Å². The van der Waals surface area contributed by atoms with E-state index in [1.54, 1.807) is 49.9 Å². The van der Waals surface area contributed by atoms with Gasteiger partial charge in [-0.25, -0.2) is 4.79 Å². The van der Waals surface area contributed by atoms with Crippen LogP contribution >= 0.6 is 0 Å². The summed E-state index contributed by atoms with van der Waals surface area (Å²) in [5, 5.41) is 16.2. The van der Waals surface area contributed by atoms with Crippen LogP contribution in [-0.2, 0) is 14.3 Å². The summed E-state index contributed by atoms with van der Waals surface area (Å²) >= 11 is 0. The first-order valence-electron chi connectivity index (χ1n) is 13.4. The molecule has 8 nitrogen and oxygen atoms in total. The molecule has 2 fully saturated rings. The molecule has 2 unspecified atom stereocenters. The molecule has 0 aromatic heterocycles. The van der Waals surface area contributed by atoms with Gasteiger partial charge in [0.2, 0.25) is 11.8 Å². The Labute approximate surface area is 215 Å². The van der Waals surface area contributed by atoms with E-state index in [1.807, 2.05) is 13.8 Å². The van der Waals surface area contributed by atoms with Crippen LogP contribution in [0, 0.1) is 5.92 Å². The Balaban J connectivity index is 1.95. The van der Waals surface area contributed by atoms with E-state index in [0.29, 0.717) is 5.56 Å². The van der Waals surface area contributed by atoms with Gasteiger partial charge in [0.05, 0.1) is 0 Å². The molecule has 2 aliphatic carbocycles. The van der Waals surface area contributed by atoms with Crippen LogP contribution in [-0.4, -0.2) is 51.6 Å². The number of carbonyl (C=O) groups excluding carboxylic acids is 3. The van der Waals surface area contributed by atoms with Crippen molar-refractivity contribution in [2.24, 2.45) is 5.92 Å². The largest absolute Gasteiger partial charge is 0.508 e. The zero-order valence-corrected chi connectivity index (χ0v) is 22.4. The number of ether oxygens (including phenoxy) is 1. The summed E-state index contributed by atoms with van der Waals surface area (Å²) in [5.74, 6) is -0.740. The maximum atomic E-state index is 14.1. The summed E-state index contributed by atoms with van der Waals surface area (Å²) in [6.07, 6.45) is 7.03.